The first-order valence-corrected chi connectivity index (χ1v) is 10.8. The number of pyridine rings is 1. The molecule has 0 spiro atoms. The molecule has 6 nitrogen and oxygen atoms in total. The molecule has 8 heteroatoms. The summed E-state index contributed by atoms with van der Waals surface area (Å²) in [6.45, 7) is 2.73. The Labute approximate surface area is 196 Å². The first-order valence-electron chi connectivity index (χ1n) is 10.8. The van der Waals surface area contributed by atoms with Crippen LogP contribution in [0.5, 0.6) is 0 Å². The van der Waals surface area contributed by atoms with E-state index in [0.717, 1.165) is 17.2 Å². The predicted molar refractivity (Wildman–Crippen MR) is 122 cm³/mol. The van der Waals surface area contributed by atoms with E-state index in [2.05, 4.69) is 15.3 Å². The van der Waals surface area contributed by atoms with E-state index in [4.69, 9.17) is 4.42 Å². The largest absolute Gasteiger partial charge is 0.447 e. The third-order valence-electron chi connectivity index (χ3n) is 5.52. The highest BCUT2D eigenvalue weighted by Crippen LogP contribution is 2.25. The molecule has 1 atom stereocenters. The molecule has 1 amide bonds. The van der Waals surface area contributed by atoms with Crippen molar-refractivity contribution in [1.82, 2.24) is 20.2 Å². The standard InChI is InChI=1S/C26H24F2N4O2/c1-18(20-7-3-2-4-8-20)32(15-21-9-10-22(27)12-23(21)28)16-25-31-24(17-34-25)26(33)30-14-19-6-5-11-29-13-19/h2-13,17-18H,14-16H2,1H3,(H,30,33). The van der Waals surface area contributed by atoms with E-state index in [1.807, 2.05) is 48.2 Å². The Hall–Kier alpha value is -3.91. The van der Waals surface area contributed by atoms with Crippen LogP contribution in [0.2, 0.25) is 0 Å². The van der Waals surface area contributed by atoms with Gasteiger partial charge in [0.05, 0.1) is 6.54 Å². The van der Waals surface area contributed by atoms with Gasteiger partial charge in [0.1, 0.15) is 17.9 Å². The Kier molecular flexibility index (Phi) is 7.39. The van der Waals surface area contributed by atoms with Crippen LogP contribution in [0.25, 0.3) is 0 Å². The third-order valence-corrected chi connectivity index (χ3v) is 5.52. The van der Waals surface area contributed by atoms with Crippen molar-refractivity contribution in [2.24, 2.45) is 0 Å². The Balaban J connectivity index is 1.49. The molecule has 2 heterocycles. The zero-order valence-corrected chi connectivity index (χ0v) is 18.6. The number of carbonyl (C=O) groups is 1. The molecule has 4 rings (SSSR count). The van der Waals surface area contributed by atoms with Crippen LogP contribution >= 0.6 is 0 Å². The van der Waals surface area contributed by atoms with E-state index < -0.39 is 11.6 Å². The second kappa shape index (κ2) is 10.8. The summed E-state index contributed by atoms with van der Waals surface area (Å²) >= 11 is 0. The summed E-state index contributed by atoms with van der Waals surface area (Å²) in [4.78, 5) is 22.8. The normalized spacial score (nSPS) is 12.0. The van der Waals surface area contributed by atoms with Gasteiger partial charge in [-0.15, -0.1) is 0 Å². The van der Waals surface area contributed by atoms with Gasteiger partial charge in [-0.1, -0.05) is 42.5 Å². The van der Waals surface area contributed by atoms with Crippen molar-refractivity contribution in [1.29, 1.82) is 0 Å². The van der Waals surface area contributed by atoms with Crippen LogP contribution in [-0.4, -0.2) is 20.8 Å². The van der Waals surface area contributed by atoms with Gasteiger partial charge in [0.15, 0.2) is 5.69 Å². The molecule has 0 bridgehead atoms. The van der Waals surface area contributed by atoms with Crippen molar-refractivity contribution in [3.05, 3.63) is 119 Å². The van der Waals surface area contributed by atoms with Gasteiger partial charge in [-0.25, -0.2) is 13.8 Å². The van der Waals surface area contributed by atoms with Gasteiger partial charge in [0.25, 0.3) is 5.91 Å². The lowest BCUT2D eigenvalue weighted by atomic mass is 10.1. The molecule has 0 aliphatic rings. The molecule has 0 saturated heterocycles. The van der Waals surface area contributed by atoms with Crippen LogP contribution in [0.3, 0.4) is 0 Å². The molecule has 4 aromatic rings. The summed E-state index contributed by atoms with van der Waals surface area (Å²) in [5, 5.41) is 2.78. The van der Waals surface area contributed by atoms with Gasteiger partial charge in [-0.2, -0.15) is 0 Å². The molecular formula is C26H24F2N4O2. The van der Waals surface area contributed by atoms with Crippen molar-refractivity contribution in [2.75, 3.05) is 0 Å². The number of hydrogen-bond acceptors (Lipinski definition) is 5. The molecule has 1 unspecified atom stereocenters. The van der Waals surface area contributed by atoms with E-state index in [0.29, 0.717) is 18.0 Å². The molecule has 2 aromatic carbocycles. The maximum atomic E-state index is 14.4. The number of nitrogens with zero attached hydrogens (tertiary/aromatic N) is 3. The average molecular weight is 463 g/mol. The van der Waals surface area contributed by atoms with Crippen molar-refractivity contribution in [2.45, 2.75) is 32.6 Å². The molecule has 0 aliphatic carbocycles. The van der Waals surface area contributed by atoms with E-state index in [9.17, 15) is 13.6 Å². The van der Waals surface area contributed by atoms with Crippen LogP contribution in [-0.2, 0) is 19.6 Å². The first kappa shape index (κ1) is 23.3. The fraction of sp³-hybridized carbons (Fsp3) is 0.192. The van der Waals surface area contributed by atoms with Crippen LogP contribution in [0, 0.1) is 11.6 Å². The summed E-state index contributed by atoms with van der Waals surface area (Å²) in [5.41, 5.74) is 2.39. The van der Waals surface area contributed by atoms with Gasteiger partial charge in [0, 0.05) is 43.2 Å². The van der Waals surface area contributed by atoms with E-state index in [1.54, 1.807) is 18.5 Å². The third kappa shape index (κ3) is 5.90. The molecule has 0 saturated carbocycles. The topological polar surface area (TPSA) is 71.3 Å². The lowest BCUT2D eigenvalue weighted by Gasteiger charge is -2.28. The Bertz CT molecular complexity index is 1230. The van der Waals surface area contributed by atoms with Crippen LogP contribution < -0.4 is 5.32 Å². The maximum Gasteiger partial charge on any atom is 0.273 e. The second-order valence-electron chi connectivity index (χ2n) is 7.90. The lowest BCUT2D eigenvalue weighted by molar-refractivity contribution is 0.0945. The second-order valence-corrected chi connectivity index (χ2v) is 7.90. The first-order chi connectivity index (χ1) is 16.5. The van der Waals surface area contributed by atoms with Crippen molar-refractivity contribution in [3.63, 3.8) is 0 Å². The monoisotopic (exact) mass is 462 g/mol. The maximum absolute atomic E-state index is 14.4. The van der Waals surface area contributed by atoms with Gasteiger partial charge in [-0.3, -0.25) is 14.7 Å². The Morgan fingerprint density at radius 3 is 2.65 bits per heavy atom. The highest BCUT2D eigenvalue weighted by atomic mass is 19.1. The number of carbonyl (C=O) groups excluding carboxylic acids is 1. The van der Waals surface area contributed by atoms with Gasteiger partial charge in [0.2, 0.25) is 5.89 Å². The van der Waals surface area contributed by atoms with Gasteiger partial charge >= 0.3 is 0 Å². The molecule has 34 heavy (non-hydrogen) atoms. The fourth-order valence-corrected chi connectivity index (χ4v) is 3.58. The number of aromatic nitrogens is 2. The number of rotatable bonds is 9. The summed E-state index contributed by atoms with van der Waals surface area (Å²) in [7, 11) is 0. The van der Waals surface area contributed by atoms with Crippen LogP contribution in [0.15, 0.2) is 83.7 Å². The highest BCUT2D eigenvalue weighted by Gasteiger charge is 2.21. The summed E-state index contributed by atoms with van der Waals surface area (Å²) in [5.74, 6) is -1.30. The van der Waals surface area contributed by atoms with Crippen molar-refractivity contribution >= 4 is 5.91 Å². The zero-order chi connectivity index (χ0) is 23.9. The SMILES string of the molecule is CC(c1ccccc1)N(Cc1nc(C(=O)NCc2cccnc2)co1)Cc1ccc(F)cc1F. The molecule has 0 radical (unpaired) electrons. The minimum absolute atomic E-state index is 0.125. The minimum atomic E-state index is -0.626. The van der Waals surface area contributed by atoms with Crippen LogP contribution in [0.4, 0.5) is 8.78 Å². The Morgan fingerprint density at radius 1 is 1.09 bits per heavy atom. The minimum Gasteiger partial charge on any atom is -0.447 e. The Morgan fingerprint density at radius 2 is 1.91 bits per heavy atom. The van der Waals surface area contributed by atoms with Crippen molar-refractivity contribution < 1.29 is 18.0 Å². The number of halogens is 2. The van der Waals surface area contributed by atoms with E-state index in [-0.39, 0.29) is 30.7 Å². The molecule has 174 valence electrons. The predicted octanol–water partition coefficient (Wildman–Crippen LogP) is 5.04. The molecule has 0 aliphatic heterocycles. The zero-order valence-electron chi connectivity index (χ0n) is 18.6. The van der Waals surface area contributed by atoms with Crippen LogP contribution in [0.1, 0.15) is 46.0 Å². The number of benzene rings is 2. The van der Waals surface area contributed by atoms with E-state index in [1.165, 1.54) is 18.4 Å². The smallest absolute Gasteiger partial charge is 0.273 e. The number of oxazole rings is 1. The summed E-state index contributed by atoms with van der Waals surface area (Å²) in [6, 6.07) is 16.8. The van der Waals surface area contributed by atoms with Gasteiger partial charge < -0.3 is 9.73 Å². The molecule has 1 N–H and O–H groups in total. The van der Waals surface area contributed by atoms with Crippen molar-refractivity contribution in [3.8, 4) is 0 Å². The molecular weight excluding hydrogens is 438 g/mol. The average Bonchev–Trinajstić information content (AvgIpc) is 3.33. The number of amides is 1. The highest BCUT2D eigenvalue weighted by molar-refractivity contribution is 5.91. The lowest BCUT2D eigenvalue weighted by Crippen LogP contribution is -2.27. The number of hydrogen-bond donors (Lipinski definition) is 1. The quantitative estimate of drug-likeness (QED) is 0.377. The van der Waals surface area contributed by atoms with Gasteiger partial charge in [-0.05, 0) is 30.2 Å². The van der Waals surface area contributed by atoms with E-state index >= 15 is 0 Å². The molecule has 0 fully saturated rings. The summed E-state index contributed by atoms with van der Waals surface area (Å²) in [6.07, 6.45) is 4.64. The number of nitrogens with one attached hydrogen (secondary N) is 1. The molecule has 2 aromatic heterocycles. The fourth-order valence-electron chi connectivity index (χ4n) is 3.58. The summed E-state index contributed by atoms with van der Waals surface area (Å²) < 4.78 is 33.3.